The molecule has 12 nitrogen and oxygen atoms in total. The zero-order valence-corrected chi connectivity index (χ0v) is 18.4. The van der Waals surface area contributed by atoms with E-state index in [0.29, 0.717) is 11.3 Å². The smallest absolute Gasteiger partial charge is 0.335 e. The van der Waals surface area contributed by atoms with Gasteiger partial charge >= 0.3 is 5.97 Å². The Balaban J connectivity index is 1.78. The summed E-state index contributed by atoms with van der Waals surface area (Å²) in [6.45, 7) is 0. The van der Waals surface area contributed by atoms with Crippen molar-refractivity contribution in [3.05, 3.63) is 46.6 Å². The van der Waals surface area contributed by atoms with Crippen molar-refractivity contribution in [2.75, 3.05) is 14.2 Å². The lowest BCUT2D eigenvalue weighted by Crippen LogP contribution is -2.61. The van der Waals surface area contributed by atoms with Crippen molar-refractivity contribution >= 4 is 16.9 Å². The second-order valence-corrected chi connectivity index (χ2v) is 7.69. The highest BCUT2D eigenvalue weighted by Gasteiger charge is 2.48. The van der Waals surface area contributed by atoms with Crippen LogP contribution < -0.4 is 19.6 Å². The van der Waals surface area contributed by atoms with Crippen LogP contribution >= 0.6 is 0 Å². The molecule has 0 aliphatic carbocycles. The predicted octanol–water partition coefficient (Wildman–Crippen LogP) is 0.454. The first-order valence-electron chi connectivity index (χ1n) is 10.3. The zero-order chi connectivity index (χ0) is 25.4. The van der Waals surface area contributed by atoms with Crippen LogP contribution in [0.5, 0.6) is 23.0 Å². The van der Waals surface area contributed by atoms with E-state index in [1.54, 1.807) is 24.3 Å². The number of carbonyl (C=O) groups is 1. The first-order valence-corrected chi connectivity index (χ1v) is 10.3. The molecule has 5 atom stereocenters. The molecule has 35 heavy (non-hydrogen) atoms. The minimum absolute atomic E-state index is 0.114. The summed E-state index contributed by atoms with van der Waals surface area (Å²) in [4.78, 5) is 24.2. The molecule has 0 radical (unpaired) electrons. The third kappa shape index (κ3) is 4.35. The first-order chi connectivity index (χ1) is 16.7. The van der Waals surface area contributed by atoms with Gasteiger partial charge in [0.05, 0.1) is 14.2 Å². The molecule has 1 aliphatic heterocycles. The molecule has 4 rings (SSSR count). The van der Waals surface area contributed by atoms with E-state index in [4.69, 9.17) is 23.4 Å². The summed E-state index contributed by atoms with van der Waals surface area (Å²) in [5.74, 6) is -2.09. The molecule has 0 saturated carbocycles. The van der Waals surface area contributed by atoms with Crippen molar-refractivity contribution in [3.8, 4) is 34.3 Å². The van der Waals surface area contributed by atoms with Gasteiger partial charge in [0.15, 0.2) is 23.0 Å². The molecule has 0 unspecified atom stereocenters. The van der Waals surface area contributed by atoms with Gasteiger partial charge in [0.1, 0.15) is 40.8 Å². The van der Waals surface area contributed by atoms with Crippen molar-refractivity contribution in [1.82, 2.24) is 0 Å². The monoisotopic (exact) mass is 490 g/mol. The van der Waals surface area contributed by atoms with Crippen LogP contribution in [0.4, 0.5) is 0 Å². The number of benzene rings is 2. The summed E-state index contributed by atoms with van der Waals surface area (Å²) in [6.07, 6.45) is -9.37. The van der Waals surface area contributed by atoms with Crippen LogP contribution in [0.2, 0.25) is 0 Å². The molecule has 0 spiro atoms. The van der Waals surface area contributed by atoms with Crippen molar-refractivity contribution in [1.29, 1.82) is 0 Å². The standard InChI is InChI=1S/C23H22O12/c1-31-10-5-3-9(4-6-10)12-7-11(24)15-13(33-12)8-14(20(32-2)16(15)25)34-23-19(28)17(26)18(27)21(35-23)22(29)30/h3-8,17-19,21,23,25-28H,1-2H3,(H,29,30)/t17-,18-,19+,21-,23-/m0/s1. The molecule has 0 bridgehead atoms. The lowest BCUT2D eigenvalue weighted by Gasteiger charge is -2.38. The van der Waals surface area contributed by atoms with Crippen LogP contribution in [-0.2, 0) is 9.53 Å². The Morgan fingerprint density at radius 2 is 1.66 bits per heavy atom. The van der Waals surface area contributed by atoms with E-state index in [9.17, 15) is 35.1 Å². The topological polar surface area (TPSA) is 185 Å². The molecule has 1 saturated heterocycles. The Labute approximate surface area is 197 Å². The number of carboxylic acid groups (broad SMARTS) is 1. The van der Waals surface area contributed by atoms with E-state index in [1.165, 1.54) is 26.4 Å². The molecule has 2 heterocycles. The van der Waals surface area contributed by atoms with E-state index in [2.05, 4.69) is 0 Å². The summed E-state index contributed by atoms with van der Waals surface area (Å²) >= 11 is 0. The number of hydrogen-bond donors (Lipinski definition) is 5. The number of aromatic hydroxyl groups is 1. The van der Waals surface area contributed by atoms with E-state index in [1.807, 2.05) is 0 Å². The fourth-order valence-electron chi connectivity index (χ4n) is 3.72. The molecule has 2 aromatic carbocycles. The van der Waals surface area contributed by atoms with Gasteiger partial charge in [-0.25, -0.2) is 4.79 Å². The van der Waals surface area contributed by atoms with Gasteiger partial charge in [0, 0.05) is 17.7 Å². The number of aliphatic hydroxyl groups excluding tert-OH is 3. The normalized spacial score (nSPS) is 24.2. The quantitative estimate of drug-likeness (QED) is 0.322. The van der Waals surface area contributed by atoms with Crippen LogP contribution in [0.1, 0.15) is 0 Å². The maximum Gasteiger partial charge on any atom is 0.335 e. The minimum atomic E-state index is -1.92. The summed E-state index contributed by atoms with van der Waals surface area (Å²) < 4.78 is 26.7. The molecule has 12 heteroatoms. The third-order valence-electron chi connectivity index (χ3n) is 5.55. The number of rotatable bonds is 6. The minimum Gasteiger partial charge on any atom is -0.504 e. The van der Waals surface area contributed by atoms with Gasteiger partial charge in [-0.2, -0.15) is 0 Å². The molecule has 1 aliphatic rings. The highest BCUT2D eigenvalue weighted by Crippen LogP contribution is 2.43. The Morgan fingerprint density at radius 1 is 0.971 bits per heavy atom. The zero-order valence-electron chi connectivity index (χ0n) is 18.4. The van der Waals surface area contributed by atoms with Crippen LogP contribution in [-0.4, -0.2) is 76.4 Å². The Hall–Kier alpha value is -3.84. The number of aliphatic hydroxyl groups is 3. The molecular weight excluding hydrogens is 468 g/mol. The average molecular weight is 490 g/mol. The molecular formula is C23H22O12. The van der Waals surface area contributed by atoms with E-state index >= 15 is 0 Å². The van der Waals surface area contributed by atoms with Crippen LogP contribution in [0, 0.1) is 0 Å². The number of aliphatic carboxylic acids is 1. The number of phenols is 1. The second kappa shape index (κ2) is 9.43. The number of hydrogen-bond acceptors (Lipinski definition) is 11. The van der Waals surface area contributed by atoms with Gasteiger partial charge in [-0.15, -0.1) is 0 Å². The van der Waals surface area contributed by atoms with Crippen molar-refractivity contribution in [2.24, 2.45) is 0 Å². The van der Waals surface area contributed by atoms with E-state index in [-0.39, 0.29) is 28.2 Å². The van der Waals surface area contributed by atoms with Gasteiger partial charge < -0.3 is 48.9 Å². The third-order valence-corrected chi connectivity index (χ3v) is 5.55. The second-order valence-electron chi connectivity index (χ2n) is 7.69. The van der Waals surface area contributed by atoms with Crippen LogP contribution in [0.15, 0.2) is 45.6 Å². The van der Waals surface area contributed by atoms with Crippen molar-refractivity contribution in [3.63, 3.8) is 0 Å². The van der Waals surface area contributed by atoms with Crippen molar-refractivity contribution < 1.29 is 53.7 Å². The Bertz CT molecular complexity index is 1300. The van der Waals surface area contributed by atoms with Gasteiger partial charge in [-0.1, -0.05) is 0 Å². The summed E-state index contributed by atoms with van der Waals surface area (Å²) in [6, 6.07) is 9.03. The fraction of sp³-hybridized carbons (Fsp3) is 0.304. The van der Waals surface area contributed by atoms with Gasteiger partial charge in [-0.05, 0) is 24.3 Å². The summed E-state index contributed by atoms with van der Waals surface area (Å²) in [7, 11) is 2.69. The molecule has 0 amide bonds. The van der Waals surface area contributed by atoms with Gasteiger partial charge in [-0.3, -0.25) is 4.79 Å². The lowest BCUT2D eigenvalue weighted by molar-refractivity contribution is -0.271. The van der Waals surface area contributed by atoms with Crippen LogP contribution in [0.3, 0.4) is 0 Å². The number of fused-ring (bicyclic) bond motifs is 1. The summed E-state index contributed by atoms with van der Waals surface area (Å²) in [5, 5.41) is 49.9. The largest absolute Gasteiger partial charge is 0.504 e. The molecule has 5 N–H and O–H groups in total. The highest BCUT2D eigenvalue weighted by atomic mass is 16.7. The maximum absolute atomic E-state index is 12.8. The molecule has 3 aromatic rings. The number of carboxylic acids is 1. The molecule has 1 fully saturated rings. The average Bonchev–Trinajstić information content (AvgIpc) is 2.83. The summed E-state index contributed by atoms with van der Waals surface area (Å²) in [5.41, 5.74) is -0.162. The SMILES string of the molecule is COc1ccc(-c2cc(=O)c3c(O)c(OC)c(O[C@H]4O[C@H](C(=O)O)[C@@H](O)[C@H](O)[C@H]4O)cc3o2)cc1. The maximum atomic E-state index is 12.8. The van der Waals surface area contributed by atoms with Gasteiger partial charge in [0.2, 0.25) is 12.0 Å². The predicted molar refractivity (Wildman–Crippen MR) is 118 cm³/mol. The number of phenolic OH excluding ortho intramolecular Hbond substituents is 1. The van der Waals surface area contributed by atoms with Gasteiger partial charge in [0.25, 0.3) is 0 Å². The van der Waals surface area contributed by atoms with E-state index < -0.39 is 47.9 Å². The Morgan fingerprint density at radius 3 is 2.26 bits per heavy atom. The fourth-order valence-corrected chi connectivity index (χ4v) is 3.72. The molecule has 1 aromatic heterocycles. The van der Waals surface area contributed by atoms with Crippen LogP contribution in [0.25, 0.3) is 22.3 Å². The number of ether oxygens (including phenoxy) is 4. The Kier molecular flexibility index (Phi) is 6.54. The lowest BCUT2D eigenvalue weighted by atomic mass is 9.99. The van der Waals surface area contributed by atoms with Crippen molar-refractivity contribution in [2.45, 2.75) is 30.7 Å². The first kappa shape index (κ1) is 24.3. The van der Waals surface area contributed by atoms with E-state index in [0.717, 1.165) is 0 Å². The highest BCUT2D eigenvalue weighted by molar-refractivity contribution is 5.89. The molecule has 186 valence electrons. The number of methoxy groups -OCH3 is 2.